The molecule has 0 fully saturated rings. The fourth-order valence-electron chi connectivity index (χ4n) is 0.819. The van der Waals surface area contributed by atoms with Crippen LogP contribution in [0, 0.1) is 0 Å². The fourth-order valence-corrected chi connectivity index (χ4v) is 0.819. The predicted molar refractivity (Wildman–Crippen MR) is 41.4 cm³/mol. The second-order valence-corrected chi connectivity index (χ2v) is 2.55. The van der Waals surface area contributed by atoms with Gasteiger partial charge in [0.05, 0.1) is 6.17 Å². The van der Waals surface area contributed by atoms with E-state index in [0.717, 1.165) is 5.56 Å². The SMILES string of the molecule is CN(C)C(N)c1cc[nH]c1. The molecular weight excluding hydrogens is 126 g/mol. The minimum atomic E-state index is 0.00579. The molecule has 1 heterocycles. The van der Waals surface area contributed by atoms with Crippen molar-refractivity contribution in [3.63, 3.8) is 0 Å². The number of rotatable bonds is 2. The van der Waals surface area contributed by atoms with Gasteiger partial charge in [-0.15, -0.1) is 0 Å². The first-order valence-corrected chi connectivity index (χ1v) is 3.26. The maximum absolute atomic E-state index is 5.79. The van der Waals surface area contributed by atoms with Gasteiger partial charge in [-0.1, -0.05) is 0 Å². The van der Waals surface area contributed by atoms with Gasteiger partial charge in [-0.3, -0.25) is 4.90 Å². The van der Waals surface area contributed by atoms with E-state index in [1.54, 1.807) is 0 Å². The molecule has 56 valence electrons. The number of aromatic nitrogens is 1. The lowest BCUT2D eigenvalue weighted by atomic mass is 10.2. The van der Waals surface area contributed by atoms with Crippen LogP contribution in [0.4, 0.5) is 0 Å². The molecule has 3 nitrogen and oxygen atoms in total. The predicted octanol–water partition coefficient (Wildman–Crippen LogP) is 0.534. The second-order valence-electron chi connectivity index (χ2n) is 2.55. The highest BCUT2D eigenvalue weighted by Gasteiger charge is 2.06. The molecule has 1 rings (SSSR count). The highest BCUT2D eigenvalue weighted by atomic mass is 15.2. The van der Waals surface area contributed by atoms with Crippen LogP contribution in [0.2, 0.25) is 0 Å². The number of nitrogens with zero attached hydrogens (tertiary/aromatic N) is 1. The van der Waals surface area contributed by atoms with E-state index in [9.17, 15) is 0 Å². The van der Waals surface area contributed by atoms with Gasteiger partial charge in [0, 0.05) is 18.0 Å². The van der Waals surface area contributed by atoms with Crippen LogP contribution >= 0.6 is 0 Å². The van der Waals surface area contributed by atoms with Crippen LogP contribution in [0.5, 0.6) is 0 Å². The monoisotopic (exact) mass is 139 g/mol. The maximum atomic E-state index is 5.79. The van der Waals surface area contributed by atoms with Crippen LogP contribution in [-0.2, 0) is 0 Å². The van der Waals surface area contributed by atoms with Gasteiger partial charge in [0.15, 0.2) is 0 Å². The molecule has 0 radical (unpaired) electrons. The summed E-state index contributed by atoms with van der Waals surface area (Å²) in [7, 11) is 3.91. The quantitative estimate of drug-likeness (QED) is 0.587. The standard InChI is InChI=1S/C7H13N3/c1-10(2)7(8)6-3-4-9-5-6/h3-5,7,9H,8H2,1-2H3. The molecule has 1 aromatic heterocycles. The van der Waals surface area contributed by atoms with Gasteiger partial charge in [-0.05, 0) is 20.2 Å². The number of aromatic amines is 1. The number of hydrogen-bond donors (Lipinski definition) is 2. The lowest BCUT2D eigenvalue weighted by Gasteiger charge is -2.17. The van der Waals surface area contributed by atoms with E-state index in [4.69, 9.17) is 5.73 Å². The Morgan fingerprint density at radius 1 is 1.60 bits per heavy atom. The Kier molecular flexibility index (Phi) is 2.09. The molecule has 0 saturated carbocycles. The molecule has 1 unspecified atom stereocenters. The number of H-pyrrole nitrogens is 1. The fraction of sp³-hybridized carbons (Fsp3) is 0.429. The summed E-state index contributed by atoms with van der Waals surface area (Å²) in [5.74, 6) is 0. The summed E-state index contributed by atoms with van der Waals surface area (Å²) in [5.41, 5.74) is 6.90. The Morgan fingerprint density at radius 3 is 2.70 bits per heavy atom. The molecule has 0 spiro atoms. The zero-order valence-corrected chi connectivity index (χ0v) is 6.33. The first-order valence-electron chi connectivity index (χ1n) is 3.26. The Balaban J connectivity index is 2.68. The third-order valence-electron chi connectivity index (χ3n) is 1.52. The maximum Gasteiger partial charge on any atom is 0.0845 e. The topological polar surface area (TPSA) is 45.0 Å². The molecular formula is C7H13N3. The molecule has 0 aromatic carbocycles. The normalized spacial score (nSPS) is 14.0. The zero-order valence-electron chi connectivity index (χ0n) is 6.33. The molecule has 0 amide bonds. The van der Waals surface area contributed by atoms with Crippen molar-refractivity contribution in [3.05, 3.63) is 24.0 Å². The van der Waals surface area contributed by atoms with Crippen molar-refractivity contribution in [2.45, 2.75) is 6.17 Å². The summed E-state index contributed by atoms with van der Waals surface area (Å²) in [6.07, 6.45) is 3.79. The molecule has 0 aliphatic heterocycles. The average molecular weight is 139 g/mol. The molecule has 0 bridgehead atoms. The average Bonchev–Trinajstić information content (AvgIpc) is 2.36. The molecule has 1 atom stereocenters. The van der Waals surface area contributed by atoms with Crippen molar-refractivity contribution < 1.29 is 0 Å². The Morgan fingerprint density at radius 2 is 2.30 bits per heavy atom. The van der Waals surface area contributed by atoms with E-state index in [0.29, 0.717) is 0 Å². The van der Waals surface area contributed by atoms with E-state index in [2.05, 4.69) is 4.98 Å². The van der Waals surface area contributed by atoms with Crippen molar-refractivity contribution in [3.8, 4) is 0 Å². The van der Waals surface area contributed by atoms with Gasteiger partial charge in [-0.2, -0.15) is 0 Å². The van der Waals surface area contributed by atoms with Gasteiger partial charge < -0.3 is 10.7 Å². The third kappa shape index (κ3) is 1.37. The summed E-state index contributed by atoms with van der Waals surface area (Å²) >= 11 is 0. The number of hydrogen-bond acceptors (Lipinski definition) is 2. The van der Waals surface area contributed by atoms with Crippen LogP contribution in [0.1, 0.15) is 11.7 Å². The highest BCUT2D eigenvalue weighted by Crippen LogP contribution is 2.09. The van der Waals surface area contributed by atoms with E-state index >= 15 is 0 Å². The van der Waals surface area contributed by atoms with E-state index in [-0.39, 0.29) is 6.17 Å². The van der Waals surface area contributed by atoms with Crippen LogP contribution in [0.25, 0.3) is 0 Å². The Hall–Kier alpha value is -0.800. The summed E-state index contributed by atoms with van der Waals surface area (Å²) < 4.78 is 0. The van der Waals surface area contributed by atoms with Gasteiger partial charge >= 0.3 is 0 Å². The zero-order chi connectivity index (χ0) is 7.56. The smallest absolute Gasteiger partial charge is 0.0845 e. The van der Waals surface area contributed by atoms with Crippen LogP contribution in [-0.4, -0.2) is 24.0 Å². The van der Waals surface area contributed by atoms with Crippen LogP contribution in [0.15, 0.2) is 18.5 Å². The van der Waals surface area contributed by atoms with Gasteiger partial charge in [0.1, 0.15) is 0 Å². The first kappa shape index (κ1) is 7.31. The first-order chi connectivity index (χ1) is 4.72. The lowest BCUT2D eigenvalue weighted by molar-refractivity contribution is 0.307. The van der Waals surface area contributed by atoms with Crippen molar-refractivity contribution >= 4 is 0 Å². The van der Waals surface area contributed by atoms with Gasteiger partial charge in [-0.25, -0.2) is 0 Å². The molecule has 10 heavy (non-hydrogen) atoms. The minimum absolute atomic E-state index is 0.00579. The number of nitrogens with one attached hydrogen (secondary N) is 1. The third-order valence-corrected chi connectivity index (χ3v) is 1.52. The van der Waals surface area contributed by atoms with Gasteiger partial charge in [0.2, 0.25) is 0 Å². The Bertz CT molecular complexity index is 179. The summed E-state index contributed by atoms with van der Waals surface area (Å²) in [5, 5.41) is 0. The number of nitrogens with two attached hydrogens (primary N) is 1. The second kappa shape index (κ2) is 2.86. The van der Waals surface area contributed by atoms with Crippen molar-refractivity contribution in [2.24, 2.45) is 5.73 Å². The largest absolute Gasteiger partial charge is 0.367 e. The van der Waals surface area contributed by atoms with Crippen LogP contribution in [0.3, 0.4) is 0 Å². The molecule has 3 heteroatoms. The molecule has 0 saturated heterocycles. The summed E-state index contributed by atoms with van der Waals surface area (Å²) in [6.45, 7) is 0. The molecule has 0 aliphatic carbocycles. The van der Waals surface area contributed by atoms with E-state index in [1.165, 1.54) is 0 Å². The Labute approximate surface area is 60.8 Å². The summed E-state index contributed by atoms with van der Waals surface area (Å²) in [4.78, 5) is 4.92. The lowest BCUT2D eigenvalue weighted by Crippen LogP contribution is -2.26. The van der Waals surface area contributed by atoms with Gasteiger partial charge in [0.25, 0.3) is 0 Å². The van der Waals surface area contributed by atoms with E-state index < -0.39 is 0 Å². The molecule has 1 aromatic rings. The van der Waals surface area contributed by atoms with Crippen molar-refractivity contribution in [1.82, 2.24) is 9.88 Å². The molecule has 3 N–H and O–H groups in total. The van der Waals surface area contributed by atoms with Crippen molar-refractivity contribution in [1.29, 1.82) is 0 Å². The van der Waals surface area contributed by atoms with Crippen molar-refractivity contribution in [2.75, 3.05) is 14.1 Å². The van der Waals surface area contributed by atoms with Crippen LogP contribution < -0.4 is 5.73 Å². The molecule has 0 aliphatic rings. The highest BCUT2D eigenvalue weighted by molar-refractivity contribution is 5.12. The minimum Gasteiger partial charge on any atom is -0.367 e. The van der Waals surface area contributed by atoms with E-state index in [1.807, 2.05) is 37.5 Å². The summed E-state index contributed by atoms with van der Waals surface area (Å²) in [6, 6.07) is 1.98.